The van der Waals surface area contributed by atoms with E-state index >= 15 is 0 Å². The number of benzene rings is 1. The smallest absolute Gasteiger partial charge is 0.419 e. The van der Waals surface area contributed by atoms with Crippen molar-refractivity contribution in [3.63, 3.8) is 0 Å². The van der Waals surface area contributed by atoms with Gasteiger partial charge in [0.2, 0.25) is 0 Å². The van der Waals surface area contributed by atoms with E-state index in [-0.39, 0.29) is 17.6 Å². The molecule has 3 aliphatic carbocycles. The molecule has 1 aromatic carbocycles. The van der Waals surface area contributed by atoms with Crippen LogP contribution in [0.25, 0.3) is 0 Å². The third kappa shape index (κ3) is 13.1. The summed E-state index contributed by atoms with van der Waals surface area (Å²) in [6.07, 6.45) is 15.2. The minimum absolute atomic E-state index is 0.0325. The molecule has 2 nitrogen and oxygen atoms in total. The van der Waals surface area contributed by atoms with E-state index in [0.29, 0.717) is 17.0 Å². The zero-order valence-electron chi connectivity index (χ0n) is 27.9. The summed E-state index contributed by atoms with van der Waals surface area (Å²) < 4.78 is 142. The van der Waals surface area contributed by atoms with Crippen LogP contribution >= 0.6 is 35.9 Å². The SMILES string of the molecule is C=CC(=C)F.CC.FC(F)(F)SNSC(F)(F)C(F)(F)C(F)(F)SOc1c(C2CCCCC2)cc(C2CCCCC2)cc1C1CCCCC1. The third-order valence-corrected chi connectivity index (χ3v) is 11.0. The van der Waals surface area contributed by atoms with Crippen LogP contribution in [0.4, 0.5) is 43.9 Å². The Morgan fingerprint density at radius 3 is 1.45 bits per heavy atom. The molecule has 0 heterocycles. The highest BCUT2D eigenvalue weighted by Gasteiger charge is 2.74. The monoisotopic (exact) mass is 771 g/mol. The van der Waals surface area contributed by atoms with Crippen LogP contribution in [0.3, 0.4) is 0 Å². The van der Waals surface area contributed by atoms with E-state index in [9.17, 15) is 43.9 Å². The second-order valence-electron chi connectivity index (χ2n) is 12.2. The fourth-order valence-electron chi connectivity index (χ4n) is 6.40. The van der Waals surface area contributed by atoms with Crippen LogP contribution in [-0.2, 0) is 0 Å². The van der Waals surface area contributed by atoms with Gasteiger partial charge in [-0.3, -0.25) is 0 Å². The van der Waals surface area contributed by atoms with Gasteiger partial charge in [0.1, 0.15) is 23.6 Å². The first-order valence-electron chi connectivity index (χ1n) is 16.8. The minimum atomic E-state index is -6.04. The largest absolute Gasteiger partial charge is 0.456 e. The highest BCUT2D eigenvalue weighted by molar-refractivity contribution is 8.13. The summed E-state index contributed by atoms with van der Waals surface area (Å²) in [6.45, 7) is 9.97. The van der Waals surface area contributed by atoms with Crippen LogP contribution < -0.4 is 8.31 Å². The Hall–Kier alpha value is -1.19. The molecule has 1 aromatic rings. The summed E-state index contributed by atoms with van der Waals surface area (Å²) in [4.78, 5) is 0. The number of halogens is 10. The summed E-state index contributed by atoms with van der Waals surface area (Å²) in [5.41, 5.74) is -2.63. The standard InChI is InChI=1S/C28H36F9NOS3.C4H5F.C2H6/c29-25(30,26(31,32)40-38-41-28(35,36)37)27(33,34)42-39-24-22(19-12-6-2-7-13-19)16-21(18-10-4-1-5-11-18)17-23(24)20-14-8-3-9-15-20;1-3-4(2)5;1-2/h16-20,38H,1-15H2;3H,1-2H2;1-2H3. The number of hydrogen-bond donors (Lipinski definition) is 1. The Morgan fingerprint density at radius 1 is 0.694 bits per heavy atom. The summed E-state index contributed by atoms with van der Waals surface area (Å²) in [5, 5.41) is -11.0. The van der Waals surface area contributed by atoms with E-state index in [0.717, 1.165) is 112 Å². The topological polar surface area (TPSA) is 21.3 Å². The normalized spacial score (nSPS) is 18.9. The maximum atomic E-state index is 14.9. The molecule has 4 rings (SSSR count). The molecule has 0 spiro atoms. The Morgan fingerprint density at radius 2 is 1.08 bits per heavy atom. The fourth-order valence-corrected chi connectivity index (χ4v) is 8.30. The van der Waals surface area contributed by atoms with Crippen molar-refractivity contribution in [3.8, 4) is 5.75 Å². The molecule has 0 unspecified atom stereocenters. The van der Waals surface area contributed by atoms with Crippen LogP contribution in [0.5, 0.6) is 5.75 Å². The molecule has 0 amide bonds. The molecular formula is C34H47F10NOS3. The quantitative estimate of drug-likeness (QED) is 0.0986. The minimum Gasteiger partial charge on any atom is -0.419 e. The molecule has 0 atom stereocenters. The van der Waals surface area contributed by atoms with Gasteiger partial charge in [0.15, 0.2) is 0 Å². The first kappa shape index (κ1) is 44.0. The van der Waals surface area contributed by atoms with Gasteiger partial charge in [-0.25, -0.2) is 4.39 Å². The Kier molecular flexibility index (Phi) is 18.1. The lowest BCUT2D eigenvalue weighted by molar-refractivity contribution is -0.238. The maximum absolute atomic E-state index is 14.9. The van der Waals surface area contributed by atoms with Gasteiger partial charge in [0, 0.05) is 23.9 Å². The van der Waals surface area contributed by atoms with Crippen LogP contribution in [0.15, 0.2) is 37.2 Å². The van der Waals surface area contributed by atoms with Crippen molar-refractivity contribution in [1.29, 1.82) is 0 Å². The molecule has 49 heavy (non-hydrogen) atoms. The van der Waals surface area contributed by atoms with E-state index in [2.05, 4.69) is 13.2 Å². The predicted molar refractivity (Wildman–Crippen MR) is 183 cm³/mol. The molecule has 3 aliphatic rings. The van der Waals surface area contributed by atoms with E-state index in [1.54, 1.807) is 0 Å². The van der Waals surface area contributed by atoms with Crippen LogP contribution in [0.2, 0.25) is 0 Å². The lowest BCUT2D eigenvalue weighted by atomic mass is 9.75. The van der Waals surface area contributed by atoms with Crippen molar-refractivity contribution in [2.45, 2.75) is 150 Å². The van der Waals surface area contributed by atoms with Crippen LogP contribution in [-0.4, -0.2) is 21.9 Å². The summed E-state index contributed by atoms with van der Waals surface area (Å²) in [6, 6.07) is 3.93. The van der Waals surface area contributed by atoms with E-state index < -0.39 is 63.7 Å². The lowest BCUT2D eigenvalue weighted by Gasteiger charge is -2.33. The summed E-state index contributed by atoms with van der Waals surface area (Å²) >= 11 is -3.68. The van der Waals surface area contributed by atoms with Crippen molar-refractivity contribution >= 4 is 35.9 Å². The molecule has 3 saturated carbocycles. The van der Waals surface area contributed by atoms with Gasteiger partial charge in [-0.2, -0.15) is 43.6 Å². The number of allylic oxidation sites excluding steroid dienone is 2. The molecule has 282 valence electrons. The molecular weight excluding hydrogens is 725 g/mol. The van der Waals surface area contributed by atoms with Crippen LogP contribution in [0.1, 0.15) is 145 Å². The van der Waals surface area contributed by atoms with Crippen molar-refractivity contribution in [2.75, 3.05) is 0 Å². The van der Waals surface area contributed by atoms with Gasteiger partial charge in [-0.15, -0.1) is 0 Å². The third-order valence-electron chi connectivity index (χ3n) is 8.84. The molecule has 3 fully saturated rings. The molecule has 0 saturated heterocycles. The van der Waals surface area contributed by atoms with Gasteiger partial charge in [0.05, 0.1) is 0 Å². The molecule has 15 heteroatoms. The van der Waals surface area contributed by atoms with E-state index in [4.69, 9.17) is 4.18 Å². The summed E-state index contributed by atoms with van der Waals surface area (Å²) in [7, 11) is 0. The van der Waals surface area contributed by atoms with E-state index in [1.807, 2.05) is 26.0 Å². The Bertz CT molecular complexity index is 1120. The van der Waals surface area contributed by atoms with Gasteiger partial charge in [0.25, 0.3) is 0 Å². The highest BCUT2D eigenvalue weighted by atomic mass is 32.2. The molecule has 1 N–H and O–H groups in total. The average molecular weight is 772 g/mol. The van der Waals surface area contributed by atoms with Gasteiger partial charge in [-0.1, -0.05) is 96.9 Å². The zero-order chi connectivity index (χ0) is 36.9. The van der Waals surface area contributed by atoms with Crippen molar-refractivity contribution in [2.24, 2.45) is 0 Å². The Balaban J connectivity index is 0.00000109. The van der Waals surface area contributed by atoms with Crippen molar-refractivity contribution in [3.05, 3.63) is 53.9 Å². The molecule has 0 aromatic heterocycles. The number of hydrogen-bond acceptors (Lipinski definition) is 5. The average Bonchev–Trinajstić information content (AvgIpc) is 3.08. The van der Waals surface area contributed by atoms with Crippen LogP contribution in [0, 0.1) is 0 Å². The number of nitrogens with one attached hydrogen (secondary N) is 1. The number of alkyl halides is 9. The first-order valence-corrected chi connectivity index (χ1v) is 19.2. The second kappa shape index (κ2) is 20.2. The molecule has 0 bridgehead atoms. The Labute approximate surface area is 296 Å². The predicted octanol–water partition coefficient (Wildman–Crippen LogP) is 14.8. The second-order valence-corrected chi connectivity index (χ2v) is 15.1. The summed E-state index contributed by atoms with van der Waals surface area (Å²) in [5.74, 6) is -6.22. The lowest BCUT2D eigenvalue weighted by Crippen LogP contribution is -2.51. The number of rotatable bonds is 12. The molecule has 0 radical (unpaired) electrons. The highest BCUT2D eigenvalue weighted by Crippen LogP contribution is 2.57. The zero-order valence-corrected chi connectivity index (χ0v) is 30.3. The maximum Gasteiger partial charge on any atom is 0.456 e. The van der Waals surface area contributed by atoms with Crippen molar-refractivity contribution < 1.29 is 48.1 Å². The molecule has 0 aliphatic heterocycles. The van der Waals surface area contributed by atoms with Gasteiger partial charge >= 0.3 is 21.9 Å². The van der Waals surface area contributed by atoms with Gasteiger partial charge < -0.3 is 4.18 Å². The first-order chi connectivity index (χ1) is 23.0. The van der Waals surface area contributed by atoms with Gasteiger partial charge in [-0.05, 0) is 79.0 Å². The van der Waals surface area contributed by atoms with Crippen molar-refractivity contribution in [1.82, 2.24) is 4.13 Å². The fraction of sp³-hybridized carbons (Fsp3) is 0.706. The van der Waals surface area contributed by atoms with E-state index in [1.165, 1.54) is 0 Å².